The molecule has 2 N–H and O–H groups in total. The number of H-pyrrole nitrogens is 1. The van der Waals surface area contributed by atoms with Gasteiger partial charge in [-0.3, -0.25) is 0 Å². The van der Waals surface area contributed by atoms with E-state index in [1.165, 1.54) is 36.5 Å². The van der Waals surface area contributed by atoms with Crippen LogP contribution in [-0.2, 0) is 10.0 Å². The van der Waals surface area contributed by atoms with E-state index < -0.39 is 21.7 Å². The fraction of sp³-hybridized carbons (Fsp3) is 0.125. The average molecular weight is 462 g/mol. The summed E-state index contributed by atoms with van der Waals surface area (Å²) < 4.78 is 55.1. The highest BCUT2D eigenvalue weighted by Crippen LogP contribution is 2.32. The number of rotatable bonds is 5. The van der Waals surface area contributed by atoms with Crippen LogP contribution in [0.2, 0.25) is 0 Å². The fourth-order valence-electron chi connectivity index (χ4n) is 2.46. The molecule has 0 aliphatic carbocycles. The van der Waals surface area contributed by atoms with Gasteiger partial charge in [-0.25, -0.2) is 21.9 Å². The van der Waals surface area contributed by atoms with Crippen LogP contribution in [-0.4, -0.2) is 24.4 Å². The molecule has 0 aliphatic heterocycles. The number of sulfonamides is 1. The molecule has 0 fully saturated rings. The van der Waals surface area contributed by atoms with Gasteiger partial charge >= 0.3 is 0 Å². The Labute approximate surface area is 151 Å². The Hall–Kier alpha value is -1.52. The van der Waals surface area contributed by atoms with E-state index >= 15 is 0 Å². The molecular formula is C16H13F2IN2O2S. The van der Waals surface area contributed by atoms with Crippen molar-refractivity contribution in [2.24, 2.45) is 0 Å². The molecule has 3 aromatic rings. The van der Waals surface area contributed by atoms with Gasteiger partial charge in [-0.15, -0.1) is 0 Å². The van der Waals surface area contributed by atoms with Gasteiger partial charge in [0.25, 0.3) is 0 Å². The normalized spacial score (nSPS) is 12.0. The molecule has 0 atom stereocenters. The van der Waals surface area contributed by atoms with Gasteiger partial charge in [-0.1, -0.05) is 22.6 Å². The maximum atomic E-state index is 14.3. The van der Waals surface area contributed by atoms with Crippen molar-refractivity contribution in [3.8, 4) is 11.1 Å². The van der Waals surface area contributed by atoms with Gasteiger partial charge in [-0.2, -0.15) is 0 Å². The predicted molar refractivity (Wildman–Crippen MR) is 97.7 cm³/mol. The third-order valence-electron chi connectivity index (χ3n) is 3.57. The lowest BCUT2D eigenvalue weighted by atomic mass is 10.0. The van der Waals surface area contributed by atoms with Crippen molar-refractivity contribution in [3.63, 3.8) is 0 Å². The number of halogens is 3. The molecule has 0 unspecified atom stereocenters. The Morgan fingerprint density at radius 3 is 2.62 bits per heavy atom. The second-order valence-corrected chi connectivity index (χ2v) is 7.97. The third-order valence-corrected chi connectivity index (χ3v) is 5.57. The molecule has 0 saturated carbocycles. The van der Waals surface area contributed by atoms with Gasteiger partial charge in [0.05, 0.1) is 4.90 Å². The predicted octanol–water partition coefficient (Wildman–Crippen LogP) is 3.83. The first-order valence-electron chi connectivity index (χ1n) is 7.04. The third kappa shape index (κ3) is 3.31. The maximum absolute atomic E-state index is 14.3. The molecule has 1 aromatic heterocycles. The quantitative estimate of drug-likeness (QED) is 0.448. The highest BCUT2D eigenvalue weighted by molar-refractivity contribution is 14.1. The first-order valence-corrected chi connectivity index (χ1v) is 10.1. The second kappa shape index (κ2) is 6.77. The number of aromatic nitrogens is 1. The average Bonchev–Trinajstić information content (AvgIpc) is 2.96. The highest BCUT2D eigenvalue weighted by atomic mass is 127. The summed E-state index contributed by atoms with van der Waals surface area (Å²) in [5.41, 5.74) is 1.14. The summed E-state index contributed by atoms with van der Waals surface area (Å²) in [6.07, 6.45) is 1.54. The van der Waals surface area contributed by atoms with Crippen molar-refractivity contribution >= 4 is 43.5 Å². The molecule has 126 valence electrons. The molecule has 2 aromatic carbocycles. The Morgan fingerprint density at radius 1 is 1.08 bits per heavy atom. The summed E-state index contributed by atoms with van der Waals surface area (Å²) in [7, 11) is -3.70. The molecule has 0 amide bonds. The number of hydrogen-bond donors (Lipinski definition) is 2. The Balaban J connectivity index is 2.12. The number of nitrogens with one attached hydrogen (secondary N) is 2. The molecule has 0 saturated heterocycles. The van der Waals surface area contributed by atoms with Gasteiger partial charge in [0, 0.05) is 39.2 Å². The Morgan fingerprint density at radius 2 is 1.88 bits per heavy atom. The lowest BCUT2D eigenvalue weighted by Crippen LogP contribution is -2.25. The van der Waals surface area contributed by atoms with Crippen LogP contribution in [0, 0.1) is 11.6 Å². The van der Waals surface area contributed by atoms with E-state index in [4.69, 9.17) is 0 Å². The van der Waals surface area contributed by atoms with Crippen LogP contribution in [0.5, 0.6) is 0 Å². The topological polar surface area (TPSA) is 62.0 Å². The lowest BCUT2D eigenvalue weighted by molar-refractivity contribution is 0.583. The van der Waals surface area contributed by atoms with E-state index in [9.17, 15) is 17.2 Å². The van der Waals surface area contributed by atoms with Crippen molar-refractivity contribution in [1.82, 2.24) is 9.71 Å². The van der Waals surface area contributed by atoms with Crippen molar-refractivity contribution in [2.75, 3.05) is 11.0 Å². The van der Waals surface area contributed by atoms with Crippen molar-refractivity contribution < 1.29 is 17.2 Å². The molecule has 24 heavy (non-hydrogen) atoms. The largest absolute Gasteiger partial charge is 0.360 e. The van der Waals surface area contributed by atoms with E-state index in [-0.39, 0.29) is 10.5 Å². The molecule has 0 bridgehead atoms. The number of alkyl halides is 1. The van der Waals surface area contributed by atoms with Gasteiger partial charge in [-0.05, 0) is 36.4 Å². The summed E-state index contributed by atoms with van der Waals surface area (Å²) >= 11 is 2.06. The fourth-order valence-corrected chi connectivity index (χ4v) is 4.15. The highest BCUT2D eigenvalue weighted by Gasteiger charge is 2.18. The zero-order valence-corrected chi connectivity index (χ0v) is 15.3. The minimum Gasteiger partial charge on any atom is -0.360 e. The van der Waals surface area contributed by atoms with Gasteiger partial charge in [0.15, 0.2) is 0 Å². The molecular weight excluding hydrogens is 449 g/mol. The number of benzene rings is 2. The Bertz CT molecular complexity index is 1000. The molecule has 3 rings (SSSR count). The number of fused-ring (bicyclic) bond motifs is 1. The van der Waals surface area contributed by atoms with Crippen LogP contribution < -0.4 is 4.72 Å². The van der Waals surface area contributed by atoms with E-state index in [0.29, 0.717) is 27.4 Å². The lowest BCUT2D eigenvalue weighted by Gasteiger charge is -2.08. The number of aromatic amines is 1. The van der Waals surface area contributed by atoms with Crippen molar-refractivity contribution in [1.29, 1.82) is 0 Å². The van der Waals surface area contributed by atoms with E-state index in [2.05, 4.69) is 32.3 Å². The summed E-state index contributed by atoms with van der Waals surface area (Å²) in [5, 5.41) is 0.616. The molecule has 8 heteroatoms. The first-order chi connectivity index (χ1) is 11.4. The standard InChI is InChI=1S/C16H13F2IN2O2S/c17-10-1-3-12-14(9-20-16(12)7-10)13-8-11(2-4-15(13)18)24(22,23)21-6-5-19/h1-4,7-9,20-21H,5-6H2. The van der Waals surface area contributed by atoms with Crippen LogP contribution in [0.15, 0.2) is 47.5 Å². The van der Waals surface area contributed by atoms with E-state index in [1.807, 2.05) is 0 Å². The monoisotopic (exact) mass is 462 g/mol. The number of hydrogen-bond acceptors (Lipinski definition) is 2. The van der Waals surface area contributed by atoms with E-state index in [1.54, 1.807) is 0 Å². The summed E-state index contributed by atoms with van der Waals surface area (Å²) in [6.45, 7) is 0.294. The Kier molecular flexibility index (Phi) is 4.88. The minimum absolute atomic E-state index is 0.0137. The zero-order valence-electron chi connectivity index (χ0n) is 12.3. The molecule has 0 spiro atoms. The summed E-state index contributed by atoms with van der Waals surface area (Å²) in [4.78, 5) is 2.86. The maximum Gasteiger partial charge on any atom is 0.240 e. The molecule has 0 aliphatic rings. The zero-order chi connectivity index (χ0) is 17.3. The van der Waals surface area contributed by atoms with Crippen molar-refractivity contribution in [3.05, 3.63) is 54.2 Å². The van der Waals surface area contributed by atoms with Gasteiger partial charge in [0.1, 0.15) is 11.6 Å². The minimum atomic E-state index is -3.70. The summed E-state index contributed by atoms with van der Waals surface area (Å²) in [6, 6.07) is 7.75. The van der Waals surface area contributed by atoms with Crippen LogP contribution in [0.4, 0.5) is 8.78 Å². The first kappa shape index (κ1) is 17.3. The van der Waals surface area contributed by atoms with Crippen LogP contribution in [0.3, 0.4) is 0 Å². The van der Waals surface area contributed by atoms with Crippen LogP contribution in [0.1, 0.15) is 0 Å². The van der Waals surface area contributed by atoms with Crippen LogP contribution in [0.25, 0.3) is 22.0 Å². The van der Waals surface area contributed by atoms with Crippen LogP contribution >= 0.6 is 22.6 Å². The van der Waals surface area contributed by atoms with Gasteiger partial charge < -0.3 is 4.98 Å². The van der Waals surface area contributed by atoms with E-state index in [0.717, 1.165) is 6.07 Å². The molecule has 1 heterocycles. The smallest absolute Gasteiger partial charge is 0.240 e. The van der Waals surface area contributed by atoms with Crippen molar-refractivity contribution in [2.45, 2.75) is 4.90 Å². The summed E-state index contributed by atoms with van der Waals surface area (Å²) in [5.74, 6) is -0.955. The van der Waals surface area contributed by atoms with Gasteiger partial charge in [0.2, 0.25) is 10.0 Å². The molecule has 4 nitrogen and oxygen atoms in total. The molecule has 0 radical (unpaired) electrons. The SMILES string of the molecule is O=S(=O)(NCCI)c1ccc(F)c(-c2c[nH]c3cc(F)ccc23)c1. The second-order valence-electron chi connectivity index (χ2n) is 5.12.